The van der Waals surface area contributed by atoms with Crippen molar-refractivity contribution in [3.05, 3.63) is 45.2 Å². The highest BCUT2D eigenvalue weighted by molar-refractivity contribution is 7.04. The van der Waals surface area contributed by atoms with Crippen LogP contribution >= 0.6 is 23.1 Å². The fourth-order valence-electron chi connectivity index (χ4n) is 2.44. The molecule has 1 amide bonds. The summed E-state index contributed by atoms with van der Waals surface area (Å²) in [4.78, 5) is 17.0. The van der Waals surface area contributed by atoms with Gasteiger partial charge >= 0.3 is 6.18 Å². The summed E-state index contributed by atoms with van der Waals surface area (Å²) in [6.07, 6.45) is 0.147. The van der Waals surface area contributed by atoms with Gasteiger partial charge in [0, 0.05) is 22.3 Å². The molecule has 2 rings (SSSR count). The zero-order valence-corrected chi connectivity index (χ0v) is 18.3. The Balaban J connectivity index is 2.46. The quantitative estimate of drug-likeness (QED) is 0.545. The van der Waals surface area contributed by atoms with Crippen LogP contribution in [0.3, 0.4) is 0 Å². The summed E-state index contributed by atoms with van der Waals surface area (Å²) >= 11 is 7.29. The third-order valence-corrected chi connectivity index (χ3v) is 5.57. The molecule has 0 unspecified atom stereocenters. The molecule has 0 saturated carbocycles. The molecule has 0 aliphatic heterocycles. The highest BCUT2D eigenvalue weighted by Crippen LogP contribution is 2.26. The summed E-state index contributed by atoms with van der Waals surface area (Å²) in [6.45, 7) is 6.69. The molecule has 0 spiro atoms. The molecule has 4 nitrogen and oxygen atoms in total. The molecule has 1 aromatic carbocycles. The molecule has 9 heteroatoms. The topological polar surface area (TPSA) is 43.6 Å². The van der Waals surface area contributed by atoms with Gasteiger partial charge in [-0.2, -0.15) is 18.2 Å². The van der Waals surface area contributed by atoms with E-state index in [4.69, 9.17) is 16.3 Å². The second kappa shape index (κ2) is 9.34. The van der Waals surface area contributed by atoms with Crippen LogP contribution in [-0.2, 0) is 12.0 Å². The second-order valence-corrected chi connectivity index (χ2v) is 9.01. The van der Waals surface area contributed by atoms with Gasteiger partial charge in [-0.15, -0.1) is 0 Å². The van der Waals surface area contributed by atoms with Crippen molar-refractivity contribution in [1.82, 2.24) is 3.96 Å². The van der Waals surface area contributed by atoms with Crippen molar-refractivity contribution in [2.45, 2.75) is 58.7 Å². The van der Waals surface area contributed by atoms with Gasteiger partial charge in [0.2, 0.25) is 0 Å². The summed E-state index contributed by atoms with van der Waals surface area (Å²) in [5.41, 5.74) is 0.651. The van der Waals surface area contributed by atoms with Crippen LogP contribution in [-0.4, -0.2) is 22.6 Å². The van der Waals surface area contributed by atoms with Gasteiger partial charge in [-0.05, 0) is 63.3 Å². The van der Waals surface area contributed by atoms with Gasteiger partial charge in [-0.25, -0.2) is 0 Å². The summed E-state index contributed by atoms with van der Waals surface area (Å²) < 4.78 is 44.9. The smallest absolute Gasteiger partial charge is 0.422 e. The number of carbonyl (C=O) groups is 1. The minimum Gasteiger partial charge on any atom is -0.483 e. The van der Waals surface area contributed by atoms with Crippen LogP contribution in [0.25, 0.3) is 0 Å². The van der Waals surface area contributed by atoms with E-state index in [-0.39, 0.29) is 21.9 Å². The SMILES string of the molecule is CCCCc1cn(C(C)(C)C)sc1=NC(=O)c1cc(Cl)ccc1OCC(F)(F)F. The third-order valence-electron chi connectivity index (χ3n) is 3.96. The van der Waals surface area contributed by atoms with Gasteiger partial charge in [-0.1, -0.05) is 24.9 Å². The van der Waals surface area contributed by atoms with Crippen LogP contribution in [0, 0.1) is 0 Å². The number of hydrogen-bond acceptors (Lipinski definition) is 3. The van der Waals surface area contributed by atoms with E-state index in [9.17, 15) is 18.0 Å². The molecule has 0 radical (unpaired) electrons. The zero-order valence-electron chi connectivity index (χ0n) is 16.8. The Hall–Kier alpha value is -1.80. The van der Waals surface area contributed by atoms with Gasteiger partial charge in [0.05, 0.1) is 5.56 Å². The molecular formula is C20H24ClF3N2O2S. The minimum atomic E-state index is -4.52. The number of benzene rings is 1. The average molecular weight is 449 g/mol. The maximum Gasteiger partial charge on any atom is 0.422 e. The third kappa shape index (κ3) is 6.89. The average Bonchev–Trinajstić information content (AvgIpc) is 3.01. The van der Waals surface area contributed by atoms with Gasteiger partial charge in [0.15, 0.2) is 6.61 Å². The normalized spacial score (nSPS) is 13.0. The number of halogens is 4. The van der Waals surface area contributed by atoms with Crippen molar-refractivity contribution in [2.24, 2.45) is 4.99 Å². The van der Waals surface area contributed by atoms with Gasteiger partial charge in [0.25, 0.3) is 5.91 Å². The van der Waals surface area contributed by atoms with E-state index in [1.54, 1.807) is 0 Å². The first kappa shape index (κ1) is 23.5. The summed E-state index contributed by atoms with van der Waals surface area (Å²) in [6, 6.07) is 3.89. The molecule has 29 heavy (non-hydrogen) atoms. The number of rotatable bonds is 6. The van der Waals surface area contributed by atoms with Crippen LogP contribution in [0.2, 0.25) is 5.02 Å². The lowest BCUT2D eigenvalue weighted by Crippen LogP contribution is -2.20. The predicted octanol–water partition coefficient (Wildman–Crippen LogP) is 5.98. The second-order valence-electron chi connectivity index (χ2n) is 7.61. The van der Waals surface area contributed by atoms with Crippen molar-refractivity contribution in [3.63, 3.8) is 0 Å². The Bertz CT molecular complexity index is 927. The Morgan fingerprint density at radius 2 is 1.97 bits per heavy atom. The molecule has 0 aliphatic rings. The Labute approximate surface area is 177 Å². The molecule has 160 valence electrons. The summed E-state index contributed by atoms with van der Waals surface area (Å²) in [5, 5.41) is 0.213. The number of hydrogen-bond donors (Lipinski definition) is 0. The molecule has 0 atom stereocenters. The van der Waals surface area contributed by atoms with Crippen molar-refractivity contribution < 1.29 is 22.7 Å². The lowest BCUT2D eigenvalue weighted by atomic mass is 10.1. The van der Waals surface area contributed by atoms with E-state index in [2.05, 4.69) is 11.9 Å². The van der Waals surface area contributed by atoms with Crippen LogP contribution in [0.5, 0.6) is 5.75 Å². The molecule has 0 fully saturated rings. The predicted molar refractivity (Wildman–Crippen MR) is 109 cm³/mol. The number of alkyl halides is 3. The van der Waals surface area contributed by atoms with Gasteiger partial charge in [0.1, 0.15) is 10.4 Å². The van der Waals surface area contributed by atoms with Crippen molar-refractivity contribution in [3.8, 4) is 5.75 Å². The van der Waals surface area contributed by atoms with Crippen molar-refractivity contribution >= 4 is 29.0 Å². The van der Waals surface area contributed by atoms with Crippen molar-refractivity contribution in [1.29, 1.82) is 0 Å². The fourth-order valence-corrected chi connectivity index (χ4v) is 3.65. The monoisotopic (exact) mass is 448 g/mol. The summed E-state index contributed by atoms with van der Waals surface area (Å²) in [5.74, 6) is -0.888. The number of aryl methyl sites for hydroxylation is 1. The Morgan fingerprint density at radius 1 is 1.28 bits per heavy atom. The van der Waals surface area contributed by atoms with Crippen LogP contribution in [0.4, 0.5) is 13.2 Å². The maximum absolute atomic E-state index is 12.8. The Morgan fingerprint density at radius 3 is 2.55 bits per heavy atom. The molecule has 0 aliphatic carbocycles. The molecular weight excluding hydrogens is 425 g/mol. The van der Waals surface area contributed by atoms with E-state index >= 15 is 0 Å². The molecule has 0 N–H and O–H groups in total. The first-order chi connectivity index (χ1) is 13.4. The van der Waals surface area contributed by atoms with E-state index in [0.717, 1.165) is 24.8 Å². The van der Waals surface area contributed by atoms with Crippen molar-refractivity contribution in [2.75, 3.05) is 6.61 Å². The summed E-state index contributed by atoms with van der Waals surface area (Å²) in [7, 11) is 0. The molecule has 0 bridgehead atoms. The van der Waals surface area contributed by atoms with E-state index in [1.807, 2.05) is 30.9 Å². The fraction of sp³-hybridized carbons (Fsp3) is 0.500. The molecule has 1 heterocycles. The first-order valence-electron chi connectivity index (χ1n) is 9.21. The van der Waals surface area contributed by atoms with Crippen LogP contribution in [0.1, 0.15) is 56.5 Å². The number of aromatic nitrogens is 1. The molecule has 2 aromatic rings. The van der Waals surface area contributed by atoms with E-state index in [1.165, 1.54) is 29.7 Å². The van der Waals surface area contributed by atoms with Gasteiger partial charge < -0.3 is 4.74 Å². The highest BCUT2D eigenvalue weighted by Gasteiger charge is 2.29. The van der Waals surface area contributed by atoms with Crippen LogP contribution < -0.4 is 9.41 Å². The molecule has 0 saturated heterocycles. The highest BCUT2D eigenvalue weighted by atomic mass is 35.5. The lowest BCUT2D eigenvalue weighted by molar-refractivity contribution is -0.153. The maximum atomic E-state index is 12.8. The number of carbonyl (C=O) groups excluding carboxylic acids is 1. The largest absolute Gasteiger partial charge is 0.483 e. The standard InChI is InChI=1S/C20H24ClF3N2O2S/c1-5-6-7-13-11-26(19(2,3)4)29-18(13)25-17(27)15-10-14(21)8-9-16(15)28-12-20(22,23)24/h8-11H,5-7,12H2,1-4H3. The Kier molecular flexibility index (Phi) is 7.56. The number of unbranched alkanes of at least 4 members (excludes halogenated alkanes) is 1. The van der Waals surface area contributed by atoms with Crippen LogP contribution in [0.15, 0.2) is 29.4 Å². The molecule has 1 aromatic heterocycles. The number of amides is 1. The van der Waals surface area contributed by atoms with Gasteiger partial charge in [-0.3, -0.25) is 8.75 Å². The zero-order chi connectivity index (χ0) is 21.8. The first-order valence-corrected chi connectivity index (χ1v) is 10.4. The number of ether oxygens (including phenoxy) is 1. The lowest BCUT2D eigenvalue weighted by Gasteiger charge is -2.19. The van der Waals surface area contributed by atoms with E-state index in [0.29, 0.717) is 4.67 Å². The minimum absolute atomic E-state index is 0.0982. The van der Waals surface area contributed by atoms with E-state index < -0.39 is 18.7 Å². The number of nitrogens with zero attached hydrogens (tertiary/aromatic N) is 2.